The van der Waals surface area contributed by atoms with Gasteiger partial charge in [-0.3, -0.25) is 9.59 Å². The van der Waals surface area contributed by atoms with Crippen molar-refractivity contribution in [3.63, 3.8) is 0 Å². The number of carbonyl (C=O) groups excluding carboxylic acids is 1. The molecule has 1 aliphatic heterocycles. The average molecular weight is 360 g/mol. The summed E-state index contributed by atoms with van der Waals surface area (Å²) >= 11 is 0. The van der Waals surface area contributed by atoms with E-state index < -0.39 is 0 Å². The summed E-state index contributed by atoms with van der Waals surface area (Å²) in [5, 5.41) is 0. The molecule has 2 aliphatic rings. The highest BCUT2D eigenvalue weighted by Crippen LogP contribution is 2.28. The van der Waals surface area contributed by atoms with Crippen molar-refractivity contribution < 1.29 is 9.53 Å². The van der Waals surface area contributed by atoms with Crippen LogP contribution < -0.4 is 10.3 Å². The van der Waals surface area contributed by atoms with Crippen LogP contribution >= 0.6 is 0 Å². The molecule has 2 fully saturated rings. The highest BCUT2D eigenvalue weighted by molar-refractivity contribution is 5.76. The van der Waals surface area contributed by atoms with E-state index in [0.29, 0.717) is 18.1 Å². The molecule has 1 aliphatic carbocycles. The maximum Gasteiger partial charge on any atom is 0.254 e. The fourth-order valence-corrected chi connectivity index (χ4v) is 4.18. The lowest BCUT2D eigenvalue weighted by Crippen LogP contribution is -2.42. The second-order valence-electron chi connectivity index (χ2n) is 7.97. The predicted molar refractivity (Wildman–Crippen MR) is 102 cm³/mol. The second kappa shape index (κ2) is 8.74. The Morgan fingerprint density at radius 1 is 1.12 bits per heavy atom. The molecule has 0 unspecified atom stereocenters. The summed E-state index contributed by atoms with van der Waals surface area (Å²) in [6, 6.07) is 3.46. The first kappa shape index (κ1) is 19.0. The molecule has 1 saturated carbocycles. The molecule has 2 heterocycles. The van der Waals surface area contributed by atoms with Crippen LogP contribution in [0.2, 0.25) is 0 Å². The molecule has 5 nitrogen and oxygen atoms in total. The van der Waals surface area contributed by atoms with Crippen LogP contribution in [-0.4, -0.2) is 34.6 Å². The quantitative estimate of drug-likeness (QED) is 0.808. The molecule has 3 rings (SSSR count). The van der Waals surface area contributed by atoms with Crippen molar-refractivity contribution in [2.75, 3.05) is 13.1 Å². The van der Waals surface area contributed by atoms with Crippen molar-refractivity contribution in [2.45, 2.75) is 70.8 Å². The van der Waals surface area contributed by atoms with Gasteiger partial charge in [-0.2, -0.15) is 0 Å². The molecule has 0 spiro atoms. The van der Waals surface area contributed by atoms with Crippen molar-refractivity contribution in [1.29, 1.82) is 0 Å². The Bertz CT molecular complexity index is 668. The lowest BCUT2D eigenvalue weighted by Gasteiger charge is -2.33. The fraction of sp³-hybridized carbons (Fsp3) is 0.714. The number of aromatic nitrogens is 1. The van der Waals surface area contributed by atoms with E-state index in [9.17, 15) is 9.59 Å². The third-order valence-corrected chi connectivity index (χ3v) is 6.07. The Kier molecular flexibility index (Phi) is 6.38. The minimum atomic E-state index is -0.0460. The molecule has 144 valence electrons. The number of rotatable bonds is 5. The van der Waals surface area contributed by atoms with Gasteiger partial charge in [0.15, 0.2) is 0 Å². The molecular weight excluding hydrogens is 328 g/mol. The van der Waals surface area contributed by atoms with Gasteiger partial charge >= 0.3 is 0 Å². The molecule has 26 heavy (non-hydrogen) atoms. The molecule has 1 amide bonds. The van der Waals surface area contributed by atoms with Crippen LogP contribution in [0.25, 0.3) is 0 Å². The van der Waals surface area contributed by atoms with Crippen LogP contribution in [0.3, 0.4) is 0 Å². The number of amides is 1. The minimum absolute atomic E-state index is 0.0460. The predicted octanol–water partition coefficient (Wildman–Crippen LogP) is 3.42. The standard InChI is InChI=1S/C21H32N2O3/c1-16-14-19(15-21(25)22(16)2)26-18-10-12-23(13-11-18)20(24)9-8-17-6-4-3-5-7-17/h14-15,17-18H,3-13H2,1-2H3. The summed E-state index contributed by atoms with van der Waals surface area (Å²) in [6.45, 7) is 3.43. The highest BCUT2D eigenvalue weighted by atomic mass is 16.5. The molecule has 0 radical (unpaired) electrons. The smallest absolute Gasteiger partial charge is 0.254 e. The Morgan fingerprint density at radius 2 is 1.81 bits per heavy atom. The van der Waals surface area contributed by atoms with Gasteiger partial charge in [-0.05, 0) is 25.3 Å². The largest absolute Gasteiger partial charge is 0.490 e. The van der Waals surface area contributed by atoms with Crippen molar-refractivity contribution >= 4 is 5.91 Å². The number of hydrogen-bond donors (Lipinski definition) is 0. The number of piperidine rings is 1. The third-order valence-electron chi connectivity index (χ3n) is 6.07. The van der Waals surface area contributed by atoms with Gasteiger partial charge in [0.1, 0.15) is 11.9 Å². The number of carbonyl (C=O) groups is 1. The van der Waals surface area contributed by atoms with E-state index in [2.05, 4.69) is 0 Å². The van der Waals surface area contributed by atoms with Crippen LogP contribution in [0, 0.1) is 12.8 Å². The van der Waals surface area contributed by atoms with Gasteiger partial charge in [-0.1, -0.05) is 32.1 Å². The van der Waals surface area contributed by atoms with Gasteiger partial charge in [0.25, 0.3) is 5.56 Å². The van der Waals surface area contributed by atoms with E-state index in [4.69, 9.17) is 4.74 Å². The number of aryl methyl sites for hydroxylation is 1. The SMILES string of the molecule is Cc1cc(OC2CCN(C(=O)CCC3CCCCC3)CC2)cc(=O)n1C. The van der Waals surface area contributed by atoms with Gasteiger partial charge in [0.2, 0.25) is 5.91 Å². The maximum atomic E-state index is 12.5. The summed E-state index contributed by atoms with van der Waals surface area (Å²) in [5.74, 6) is 1.71. The highest BCUT2D eigenvalue weighted by Gasteiger charge is 2.25. The Morgan fingerprint density at radius 3 is 2.46 bits per heavy atom. The zero-order chi connectivity index (χ0) is 18.5. The number of hydrogen-bond acceptors (Lipinski definition) is 3. The normalized spacial score (nSPS) is 19.5. The molecular formula is C21H32N2O3. The van der Waals surface area contributed by atoms with E-state index in [0.717, 1.165) is 44.0 Å². The summed E-state index contributed by atoms with van der Waals surface area (Å²) in [7, 11) is 1.76. The van der Waals surface area contributed by atoms with E-state index in [1.165, 1.54) is 32.1 Å². The van der Waals surface area contributed by atoms with Crippen molar-refractivity contribution in [3.8, 4) is 5.75 Å². The molecule has 1 saturated heterocycles. The van der Waals surface area contributed by atoms with Crippen LogP contribution in [-0.2, 0) is 11.8 Å². The van der Waals surface area contributed by atoms with Gasteiger partial charge in [-0.15, -0.1) is 0 Å². The van der Waals surface area contributed by atoms with Crippen molar-refractivity contribution in [3.05, 3.63) is 28.2 Å². The Labute approximate surface area is 156 Å². The Balaban J connectivity index is 1.43. The van der Waals surface area contributed by atoms with Crippen LogP contribution in [0.4, 0.5) is 0 Å². The first-order valence-corrected chi connectivity index (χ1v) is 10.1. The molecule has 0 aromatic carbocycles. The zero-order valence-electron chi connectivity index (χ0n) is 16.2. The maximum absolute atomic E-state index is 12.5. The van der Waals surface area contributed by atoms with Crippen LogP contribution in [0.5, 0.6) is 5.75 Å². The zero-order valence-corrected chi connectivity index (χ0v) is 16.2. The number of likely N-dealkylation sites (tertiary alicyclic amines) is 1. The van der Waals surface area contributed by atoms with E-state index in [1.54, 1.807) is 17.7 Å². The van der Waals surface area contributed by atoms with Gasteiger partial charge in [0.05, 0.1) is 0 Å². The molecule has 1 aromatic heterocycles. The minimum Gasteiger partial charge on any atom is -0.490 e. The summed E-state index contributed by atoms with van der Waals surface area (Å²) in [5.41, 5.74) is 0.846. The van der Waals surface area contributed by atoms with Crippen LogP contribution in [0.15, 0.2) is 16.9 Å². The van der Waals surface area contributed by atoms with Gasteiger partial charge in [0, 0.05) is 51.2 Å². The molecule has 5 heteroatoms. The fourth-order valence-electron chi connectivity index (χ4n) is 4.18. The van der Waals surface area contributed by atoms with E-state index >= 15 is 0 Å². The van der Waals surface area contributed by atoms with E-state index in [-0.39, 0.29) is 11.7 Å². The lowest BCUT2D eigenvalue weighted by atomic mass is 9.86. The monoisotopic (exact) mass is 360 g/mol. The average Bonchev–Trinajstić information content (AvgIpc) is 2.65. The molecule has 0 N–H and O–H groups in total. The summed E-state index contributed by atoms with van der Waals surface area (Å²) in [4.78, 5) is 26.3. The molecule has 1 aromatic rings. The summed E-state index contributed by atoms with van der Waals surface area (Å²) in [6.07, 6.45) is 10.2. The first-order valence-electron chi connectivity index (χ1n) is 10.1. The molecule has 0 bridgehead atoms. The topological polar surface area (TPSA) is 51.5 Å². The van der Waals surface area contributed by atoms with E-state index in [1.807, 2.05) is 17.9 Å². The lowest BCUT2D eigenvalue weighted by molar-refractivity contribution is -0.133. The number of pyridine rings is 1. The van der Waals surface area contributed by atoms with Gasteiger partial charge < -0.3 is 14.2 Å². The Hall–Kier alpha value is -1.78. The van der Waals surface area contributed by atoms with Crippen molar-refractivity contribution in [1.82, 2.24) is 9.47 Å². The van der Waals surface area contributed by atoms with Gasteiger partial charge in [-0.25, -0.2) is 0 Å². The van der Waals surface area contributed by atoms with Crippen LogP contribution in [0.1, 0.15) is 63.5 Å². The molecule has 0 atom stereocenters. The summed E-state index contributed by atoms with van der Waals surface area (Å²) < 4.78 is 7.62. The first-order chi connectivity index (χ1) is 12.5. The number of nitrogens with zero attached hydrogens (tertiary/aromatic N) is 2. The second-order valence-corrected chi connectivity index (χ2v) is 7.97. The third kappa shape index (κ3) is 4.89. The van der Waals surface area contributed by atoms with Crippen molar-refractivity contribution in [2.24, 2.45) is 13.0 Å². The number of ether oxygens (including phenoxy) is 1.